The van der Waals surface area contributed by atoms with Crippen molar-refractivity contribution in [3.05, 3.63) is 28.8 Å². The lowest BCUT2D eigenvalue weighted by atomic mass is 9.99. The molecule has 2 heterocycles. The minimum Gasteiger partial charge on any atom is -0.399 e. The van der Waals surface area contributed by atoms with Crippen LogP contribution in [0.25, 0.3) is 0 Å². The Hall–Kier alpha value is -0.770. The maximum absolute atomic E-state index is 6.27. The largest absolute Gasteiger partial charge is 0.399 e. The molecule has 0 amide bonds. The van der Waals surface area contributed by atoms with Gasteiger partial charge < -0.3 is 5.73 Å². The molecule has 3 rings (SSSR count). The molecule has 1 unspecified atom stereocenters. The second-order valence-corrected chi connectivity index (χ2v) is 6.18. The van der Waals surface area contributed by atoms with Gasteiger partial charge in [-0.05, 0) is 37.1 Å². The number of fused-ring (bicyclic) bond motifs is 1. The Kier molecular flexibility index (Phi) is 3.96. The van der Waals surface area contributed by atoms with Gasteiger partial charge >= 0.3 is 0 Å². The van der Waals surface area contributed by atoms with Crippen LogP contribution in [0.2, 0.25) is 5.02 Å². The van der Waals surface area contributed by atoms with Crippen LogP contribution in [0.3, 0.4) is 0 Å². The number of nitrogens with two attached hydrogens (primary N) is 1. The van der Waals surface area contributed by atoms with Crippen LogP contribution in [-0.2, 0) is 6.54 Å². The zero-order valence-corrected chi connectivity index (χ0v) is 12.1. The average Bonchev–Trinajstić information content (AvgIpc) is 2.42. The van der Waals surface area contributed by atoms with E-state index < -0.39 is 0 Å². The van der Waals surface area contributed by atoms with Gasteiger partial charge in [0.1, 0.15) is 0 Å². The molecule has 2 aliphatic heterocycles. The number of piperazine rings is 1. The number of halogens is 1. The standard InChI is InChI=1S/C15H22ClN3/c16-15-9-13(17)5-4-12(15)10-18-7-8-19-6-2-1-3-14(19)11-18/h4-5,9,14H,1-3,6-8,10-11,17H2. The first-order valence-electron chi connectivity index (χ1n) is 7.23. The molecular formula is C15H22ClN3. The van der Waals surface area contributed by atoms with Gasteiger partial charge in [0.2, 0.25) is 0 Å². The SMILES string of the molecule is Nc1ccc(CN2CCN3CCCCC3C2)c(Cl)c1. The number of hydrogen-bond acceptors (Lipinski definition) is 3. The van der Waals surface area contributed by atoms with Gasteiger partial charge in [-0.25, -0.2) is 0 Å². The van der Waals surface area contributed by atoms with Gasteiger partial charge in [-0.1, -0.05) is 24.1 Å². The van der Waals surface area contributed by atoms with E-state index in [1.807, 2.05) is 12.1 Å². The summed E-state index contributed by atoms with van der Waals surface area (Å²) in [6.07, 6.45) is 4.11. The summed E-state index contributed by atoms with van der Waals surface area (Å²) in [6.45, 7) is 5.78. The van der Waals surface area contributed by atoms with Crippen molar-refractivity contribution in [1.82, 2.24) is 9.80 Å². The zero-order valence-electron chi connectivity index (χ0n) is 11.3. The highest BCUT2D eigenvalue weighted by Crippen LogP contribution is 2.25. The normalized spacial score (nSPS) is 25.2. The molecule has 0 aliphatic carbocycles. The fraction of sp³-hybridized carbons (Fsp3) is 0.600. The van der Waals surface area contributed by atoms with E-state index in [2.05, 4.69) is 15.9 Å². The van der Waals surface area contributed by atoms with Crippen molar-refractivity contribution in [2.75, 3.05) is 31.9 Å². The molecular weight excluding hydrogens is 258 g/mol. The first-order valence-corrected chi connectivity index (χ1v) is 7.60. The van der Waals surface area contributed by atoms with Crippen molar-refractivity contribution in [3.63, 3.8) is 0 Å². The summed E-state index contributed by atoms with van der Waals surface area (Å²) in [6, 6.07) is 6.62. The van der Waals surface area contributed by atoms with Crippen molar-refractivity contribution in [2.24, 2.45) is 0 Å². The second kappa shape index (κ2) is 5.70. The van der Waals surface area contributed by atoms with E-state index in [4.69, 9.17) is 17.3 Å². The number of nitrogens with zero attached hydrogens (tertiary/aromatic N) is 2. The molecule has 2 saturated heterocycles. The third-order valence-corrected chi connectivity index (χ3v) is 4.74. The highest BCUT2D eigenvalue weighted by molar-refractivity contribution is 6.31. The summed E-state index contributed by atoms with van der Waals surface area (Å²) in [4.78, 5) is 5.19. The third-order valence-electron chi connectivity index (χ3n) is 4.39. The van der Waals surface area contributed by atoms with Crippen molar-refractivity contribution in [1.29, 1.82) is 0 Å². The van der Waals surface area contributed by atoms with Crippen LogP contribution in [0.15, 0.2) is 18.2 Å². The minimum absolute atomic E-state index is 0.742. The number of benzene rings is 1. The molecule has 0 spiro atoms. The Morgan fingerprint density at radius 1 is 1.21 bits per heavy atom. The van der Waals surface area contributed by atoms with E-state index in [9.17, 15) is 0 Å². The van der Waals surface area contributed by atoms with Gasteiger partial charge in [-0.15, -0.1) is 0 Å². The monoisotopic (exact) mass is 279 g/mol. The highest BCUT2D eigenvalue weighted by atomic mass is 35.5. The minimum atomic E-state index is 0.742. The highest BCUT2D eigenvalue weighted by Gasteiger charge is 2.28. The Morgan fingerprint density at radius 3 is 2.95 bits per heavy atom. The van der Waals surface area contributed by atoms with E-state index in [1.54, 1.807) is 0 Å². The molecule has 0 radical (unpaired) electrons. The molecule has 4 heteroatoms. The van der Waals surface area contributed by atoms with E-state index in [1.165, 1.54) is 44.5 Å². The van der Waals surface area contributed by atoms with Gasteiger partial charge in [0, 0.05) is 42.9 Å². The Morgan fingerprint density at radius 2 is 2.11 bits per heavy atom. The van der Waals surface area contributed by atoms with Gasteiger partial charge in [-0.3, -0.25) is 9.80 Å². The van der Waals surface area contributed by atoms with Gasteiger partial charge in [0.05, 0.1) is 0 Å². The van der Waals surface area contributed by atoms with Crippen molar-refractivity contribution < 1.29 is 0 Å². The number of nitrogen functional groups attached to an aromatic ring is 1. The molecule has 19 heavy (non-hydrogen) atoms. The van der Waals surface area contributed by atoms with Gasteiger partial charge in [0.15, 0.2) is 0 Å². The number of anilines is 1. The van der Waals surface area contributed by atoms with Crippen LogP contribution in [0.5, 0.6) is 0 Å². The average molecular weight is 280 g/mol. The maximum atomic E-state index is 6.27. The van der Waals surface area contributed by atoms with E-state index in [0.29, 0.717) is 0 Å². The molecule has 2 fully saturated rings. The van der Waals surface area contributed by atoms with Gasteiger partial charge in [0.25, 0.3) is 0 Å². The molecule has 0 bridgehead atoms. The predicted molar refractivity (Wildman–Crippen MR) is 80.4 cm³/mol. The second-order valence-electron chi connectivity index (χ2n) is 5.77. The van der Waals surface area contributed by atoms with E-state index in [-0.39, 0.29) is 0 Å². The summed E-state index contributed by atoms with van der Waals surface area (Å²) >= 11 is 6.27. The van der Waals surface area contributed by atoms with Crippen LogP contribution in [0, 0.1) is 0 Å². The summed E-state index contributed by atoms with van der Waals surface area (Å²) in [5.74, 6) is 0. The van der Waals surface area contributed by atoms with E-state index >= 15 is 0 Å². The lowest BCUT2D eigenvalue weighted by Crippen LogP contribution is -2.54. The molecule has 2 aliphatic rings. The van der Waals surface area contributed by atoms with Crippen LogP contribution >= 0.6 is 11.6 Å². The smallest absolute Gasteiger partial charge is 0.0471 e. The number of piperidine rings is 1. The van der Waals surface area contributed by atoms with E-state index in [0.717, 1.165) is 29.8 Å². The first kappa shape index (κ1) is 13.2. The predicted octanol–water partition coefficient (Wildman–Crippen LogP) is 2.59. The third kappa shape index (κ3) is 3.04. The van der Waals surface area contributed by atoms with Gasteiger partial charge in [-0.2, -0.15) is 0 Å². The lowest BCUT2D eigenvalue weighted by Gasteiger charge is -2.44. The molecule has 0 aromatic heterocycles. The van der Waals surface area contributed by atoms with Crippen LogP contribution in [0.4, 0.5) is 5.69 Å². The molecule has 104 valence electrons. The summed E-state index contributed by atoms with van der Waals surface area (Å²) in [5, 5.41) is 0.797. The molecule has 1 aromatic carbocycles. The van der Waals surface area contributed by atoms with Crippen LogP contribution < -0.4 is 5.73 Å². The fourth-order valence-corrected chi connectivity index (χ4v) is 3.55. The van der Waals surface area contributed by atoms with Crippen molar-refractivity contribution in [3.8, 4) is 0 Å². The first-order chi connectivity index (χ1) is 9.22. The topological polar surface area (TPSA) is 32.5 Å². The summed E-state index contributed by atoms with van der Waals surface area (Å²) in [7, 11) is 0. The van der Waals surface area contributed by atoms with Crippen LogP contribution in [0.1, 0.15) is 24.8 Å². The summed E-state index contributed by atoms with van der Waals surface area (Å²) < 4.78 is 0. The Labute approximate surface area is 120 Å². The fourth-order valence-electron chi connectivity index (χ4n) is 3.30. The molecule has 1 atom stereocenters. The number of rotatable bonds is 2. The maximum Gasteiger partial charge on any atom is 0.0471 e. The lowest BCUT2D eigenvalue weighted by molar-refractivity contribution is 0.0457. The quantitative estimate of drug-likeness (QED) is 0.845. The summed E-state index contributed by atoms with van der Waals surface area (Å²) in [5.41, 5.74) is 7.68. The molecule has 2 N–H and O–H groups in total. The molecule has 0 saturated carbocycles. The molecule has 3 nitrogen and oxygen atoms in total. The number of hydrogen-bond donors (Lipinski definition) is 1. The van der Waals surface area contributed by atoms with Crippen molar-refractivity contribution in [2.45, 2.75) is 31.8 Å². The Bertz CT molecular complexity index is 449. The van der Waals surface area contributed by atoms with Crippen LogP contribution in [-0.4, -0.2) is 42.0 Å². The van der Waals surface area contributed by atoms with Crippen molar-refractivity contribution >= 4 is 17.3 Å². The molecule has 1 aromatic rings. The zero-order chi connectivity index (χ0) is 13.2. The Balaban J connectivity index is 1.64.